The summed E-state index contributed by atoms with van der Waals surface area (Å²) in [4.78, 5) is 38.5. The third-order valence-electron chi connectivity index (χ3n) is 9.75. The molecule has 6 rings (SSSR count). The second kappa shape index (κ2) is 11.1. The predicted molar refractivity (Wildman–Crippen MR) is 148 cm³/mol. The maximum Gasteiger partial charge on any atom is 0.513 e. The first kappa shape index (κ1) is 28.8. The SMILES string of the molecule is CNCC(CCC(=O)NCCOC(=O)OC1=CC[C@@]2(O)[C@H]3Cc4ccc(O)c5c4[C@@]2(CCN3CC2CC2)[C@H]1O5)C(=O)O. The number of ether oxygens (including phenoxy) is 3. The fourth-order valence-electron chi connectivity index (χ4n) is 7.57. The molecule has 5 atom stereocenters. The summed E-state index contributed by atoms with van der Waals surface area (Å²) < 4.78 is 17.2. The van der Waals surface area contributed by atoms with E-state index in [1.165, 1.54) is 12.8 Å². The number of aromatic hydroxyl groups is 1. The molecule has 2 fully saturated rings. The Bertz CT molecular complexity index is 1300. The number of nitrogens with zero attached hydrogens (tertiary/aromatic N) is 1. The molecule has 5 aliphatic rings. The summed E-state index contributed by atoms with van der Waals surface area (Å²) in [5, 5.41) is 37.8. The summed E-state index contributed by atoms with van der Waals surface area (Å²) in [5.74, 6) is -0.709. The van der Waals surface area contributed by atoms with E-state index in [0.717, 1.165) is 24.2 Å². The summed E-state index contributed by atoms with van der Waals surface area (Å²) in [6.07, 6.45) is 4.15. The monoisotopic (exact) mass is 585 g/mol. The molecule has 1 aromatic rings. The van der Waals surface area contributed by atoms with Crippen molar-refractivity contribution in [1.29, 1.82) is 0 Å². The third-order valence-corrected chi connectivity index (χ3v) is 9.75. The van der Waals surface area contributed by atoms with Crippen LogP contribution in [0.2, 0.25) is 0 Å². The number of hydrogen-bond donors (Lipinski definition) is 5. The van der Waals surface area contributed by atoms with E-state index in [0.29, 0.717) is 24.5 Å². The van der Waals surface area contributed by atoms with Gasteiger partial charge >= 0.3 is 12.1 Å². The van der Waals surface area contributed by atoms with Crippen molar-refractivity contribution >= 4 is 18.0 Å². The maximum absolute atomic E-state index is 12.7. The second-order valence-corrected chi connectivity index (χ2v) is 12.2. The van der Waals surface area contributed by atoms with Crippen LogP contribution in [0.4, 0.5) is 4.79 Å². The number of likely N-dealkylation sites (tertiary alicyclic amines) is 1. The van der Waals surface area contributed by atoms with Gasteiger partial charge in [-0.25, -0.2) is 4.79 Å². The van der Waals surface area contributed by atoms with Crippen LogP contribution in [0.1, 0.15) is 49.7 Å². The van der Waals surface area contributed by atoms with Crippen molar-refractivity contribution in [3.8, 4) is 11.5 Å². The number of amides is 1. The molecule has 2 heterocycles. The maximum atomic E-state index is 12.7. The Hall–Kier alpha value is -3.35. The molecule has 1 unspecified atom stereocenters. The Balaban J connectivity index is 1.10. The molecule has 42 heavy (non-hydrogen) atoms. The summed E-state index contributed by atoms with van der Waals surface area (Å²) in [6, 6.07) is 3.43. The molecule has 1 spiro atoms. The lowest BCUT2D eigenvalue weighted by Gasteiger charge is -2.62. The predicted octanol–water partition coefficient (Wildman–Crippen LogP) is 1.42. The van der Waals surface area contributed by atoms with E-state index in [2.05, 4.69) is 15.5 Å². The van der Waals surface area contributed by atoms with Crippen molar-refractivity contribution in [1.82, 2.24) is 15.5 Å². The third kappa shape index (κ3) is 4.79. The smallest absolute Gasteiger partial charge is 0.504 e. The highest BCUT2D eigenvalue weighted by Gasteiger charge is 2.72. The van der Waals surface area contributed by atoms with Crippen LogP contribution in [-0.2, 0) is 30.9 Å². The van der Waals surface area contributed by atoms with Gasteiger partial charge in [0.2, 0.25) is 5.91 Å². The summed E-state index contributed by atoms with van der Waals surface area (Å²) in [5.41, 5.74) is -0.146. The van der Waals surface area contributed by atoms with Crippen LogP contribution in [-0.4, -0.2) is 95.8 Å². The minimum atomic E-state index is -1.15. The molecule has 0 radical (unpaired) electrons. The van der Waals surface area contributed by atoms with Crippen LogP contribution in [0.3, 0.4) is 0 Å². The number of carboxylic acids is 1. The lowest BCUT2D eigenvalue weighted by Crippen LogP contribution is -2.75. The molecule has 1 aromatic carbocycles. The fraction of sp³-hybridized carbons (Fsp3) is 0.633. The molecular weight excluding hydrogens is 546 g/mol. The average molecular weight is 586 g/mol. The summed E-state index contributed by atoms with van der Waals surface area (Å²) >= 11 is 0. The van der Waals surface area contributed by atoms with E-state index in [1.807, 2.05) is 6.07 Å². The van der Waals surface area contributed by atoms with E-state index in [1.54, 1.807) is 19.2 Å². The summed E-state index contributed by atoms with van der Waals surface area (Å²) in [6.45, 7) is 1.91. The fourth-order valence-corrected chi connectivity index (χ4v) is 7.57. The highest BCUT2D eigenvalue weighted by atomic mass is 16.7. The molecule has 3 aliphatic carbocycles. The first-order valence-electron chi connectivity index (χ1n) is 14.8. The Morgan fingerprint density at radius 2 is 2.07 bits per heavy atom. The molecule has 228 valence electrons. The van der Waals surface area contributed by atoms with E-state index in [9.17, 15) is 29.7 Å². The number of phenolic OH excluding ortho intramolecular Hbond substituents is 1. The number of phenols is 1. The minimum Gasteiger partial charge on any atom is -0.504 e. The zero-order valence-electron chi connectivity index (χ0n) is 23.8. The van der Waals surface area contributed by atoms with Gasteiger partial charge in [-0.2, -0.15) is 0 Å². The number of carbonyl (C=O) groups excluding carboxylic acids is 2. The van der Waals surface area contributed by atoms with Crippen molar-refractivity contribution in [2.75, 3.05) is 39.8 Å². The number of carboxylic acid groups (broad SMARTS) is 1. The molecule has 5 N–H and O–H groups in total. The molecule has 12 heteroatoms. The molecule has 1 amide bonds. The Labute approximate surface area is 244 Å². The zero-order chi connectivity index (χ0) is 29.6. The molecule has 2 bridgehead atoms. The average Bonchev–Trinajstić information content (AvgIpc) is 3.70. The van der Waals surface area contributed by atoms with Gasteiger partial charge in [0.1, 0.15) is 12.4 Å². The second-order valence-electron chi connectivity index (χ2n) is 12.2. The standard InChI is InChI=1S/C30H39N3O9/c1-31-15-19(27(36)37)5-7-23(35)32-11-13-40-28(38)41-21-8-9-30(39)22-14-18-4-6-20(34)25-24(18)29(30,26(21)42-25)10-12-33(22)16-17-2-3-17/h4,6,8,17,19,22,26,31,34,39H,2-3,5,7,9-16H2,1H3,(H,32,35)(H,36,37)/t19?,22-,26+,29+,30-/m1/s1. The van der Waals surface area contributed by atoms with Gasteiger partial charge in [-0.3, -0.25) is 14.5 Å². The van der Waals surface area contributed by atoms with Crippen LogP contribution in [0.15, 0.2) is 24.0 Å². The van der Waals surface area contributed by atoms with Crippen molar-refractivity contribution in [2.45, 2.75) is 68.1 Å². The number of aliphatic hydroxyl groups is 1. The van der Waals surface area contributed by atoms with Gasteiger partial charge in [-0.15, -0.1) is 0 Å². The van der Waals surface area contributed by atoms with Gasteiger partial charge in [0, 0.05) is 37.5 Å². The van der Waals surface area contributed by atoms with E-state index in [-0.39, 0.29) is 62.4 Å². The zero-order valence-corrected chi connectivity index (χ0v) is 23.8. The highest BCUT2D eigenvalue weighted by Crippen LogP contribution is 2.65. The van der Waals surface area contributed by atoms with Gasteiger partial charge in [0.15, 0.2) is 17.6 Å². The lowest BCUT2D eigenvalue weighted by molar-refractivity contribution is -0.169. The molecule has 1 saturated carbocycles. The first-order valence-corrected chi connectivity index (χ1v) is 14.8. The van der Waals surface area contributed by atoms with Gasteiger partial charge in [0.25, 0.3) is 0 Å². The first-order chi connectivity index (χ1) is 20.2. The molecule has 12 nitrogen and oxygen atoms in total. The van der Waals surface area contributed by atoms with Crippen LogP contribution >= 0.6 is 0 Å². The largest absolute Gasteiger partial charge is 0.513 e. The molecule has 2 aliphatic heterocycles. The Morgan fingerprint density at radius 3 is 2.81 bits per heavy atom. The number of hydrogen-bond acceptors (Lipinski definition) is 10. The van der Waals surface area contributed by atoms with Gasteiger partial charge < -0.3 is 40.2 Å². The van der Waals surface area contributed by atoms with Crippen LogP contribution in [0.25, 0.3) is 0 Å². The van der Waals surface area contributed by atoms with Gasteiger partial charge in [-0.05, 0) is 69.3 Å². The van der Waals surface area contributed by atoms with Crippen LogP contribution in [0.5, 0.6) is 11.5 Å². The van der Waals surface area contributed by atoms with E-state index < -0.39 is 35.2 Å². The van der Waals surface area contributed by atoms with E-state index >= 15 is 0 Å². The van der Waals surface area contributed by atoms with Crippen LogP contribution < -0.4 is 15.4 Å². The number of carbonyl (C=O) groups is 3. The Kier molecular flexibility index (Phi) is 7.57. The molecule has 1 saturated heterocycles. The van der Waals surface area contributed by atoms with Gasteiger partial charge in [0.05, 0.1) is 23.5 Å². The highest BCUT2D eigenvalue weighted by molar-refractivity contribution is 5.77. The van der Waals surface area contributed by atoms with Crippen molar-refractivity contribution < 1.29 is 43.9 Å². The van der Waals surface area contributed by atoms with Crippen molar-refractivity contribution in [3.63, 3.8) is 0 Å². The van der Waals surface area contributed by atoms with Gasteiger partial charge in [-0.1, -0.05) is 6.07 Å². The number of nitrogens with one attached hydrogen (secondary N) is 2. The van der Waals surface area contributed by atoms with E-state index in [4.69, 9.17) is 14.2 Å². The topological polar surface area (TPSA) is 167 Å². The number of piperidine rings is 1. The number of benzene rings is 1. The number of aliphatic carboxylic acids is 1. The normalized spacial score (nSPS) is 29.5. The molecular formula is C30H39N3O9. The van der Waals surface area contributed by atoms with Crippen LogP contribution in [0, 0.1) is 11.8 Å². The van der Waals surface area contributed by atoms with Crippen molar-refractivity contribution in [3.05, 3.63) is 35.1 Å². The van der Waals surface area contributed by atoms with Crippen molar-refractivity contribution in [2.24, 2.45) is 11.8 Å². The lowest BCUT2D eigenvalue weighted by atomic mass is 9.50. The summed E-state index contributed by atoms with van der Waals surface area (Å²) in [7, 11) is 1.65. The minimum absolute atomic E-state index is 0.00274. The quantitative estimate of drug-likeness (QED) is 0.178. The number of rotatable bonds is 12. The molecule has 0 aromatic heterocycles. The Morgan fingerprint density at radius 1 is 1.26 bits per heavy atom.